The first-order chi connectivity index (χ1) is 6.99. The second-order valence-electron chi connectivity index (χ2n) is 3.22. The fourth-order valence-corrected chi connectivity index (χ4v) is 1.19. The lowest BCUT2D eigenvalue weighted by atomic mass is 10.2. The first-order valence-electron chi connectivity index (χ1n) is 4.64. The number of hydrogen-bond acceptors (Lipinski definition) is 3. The van der Waals surface area contributed by atoms with Crippen LogP contribution in [-0.4, -0.2) is 37.2 Å². The highest BCUT2D eigenvalue weighted by Crippen LogP contribution is 2.17. The summed E-state index contributed by atoms with van der Waals surface area (Å²) in [4.78, 5) is 0. The summed E-state index contributed by atoms with van der Waals surface area (Å²) in [6, 6.07) is 0. The average molecular weight is 226 g/mol. The predicted octanol–water partition coefficient (Wildman–Crippen LogP) is 1.62. The Morgan fingerprint density at radius 1 is 1.53 bits per heavy atom. The number of halogens is 3. The molecule has 0 saturated heterocycles. The summed E-state index contributed by atoms with van der Waals surface area (Å²) in [7, 11) is 0. The molecule has 0 spiro atoms. The van der Waals surface area contributed by atoms with Crippen LogP contribution in [0.3, 0.4) is 0 Å². The zero-order chi connectivity index (χ0) is 11.3. The molecule has 0 aliphatic carbocycles. The maximum atomic E-state index is 11.7. The van der Waals surface area contributed by atoms with E-state index < -0.39 is 18.9 Å². The van der Waals surface area contributed by atoms with E-state index in [0.717, 1.165) is 6.42 Å². The molecule has 0 aromatic heterocycles. The van der Waals surface area contributed by atoms with E-state index in [9.17, 15) is 18.3 Å². The average Bonchev–Trinajstić information content (AvgIpc) is 2.63. The first-order valence-corrected chi connectivity index (χ1v) is 4.64. The molecule has 1 N–H and O–H groups in total. The second kappa shape index (κ2) is 5.37. The topological polar surface area (TPSA) is 38.7 Å². The molecule has 1 atom stereocenters. The second-order valence-corrected chi connectivity index (χ2v) is 3.22. The maximum absolute atomic E-state index is 11.7. The summed E-state index contributed by atoms with van der Waals surface area (Å²) in [6.45, 7) is -0.892. The Labute approximate surface area is 85.5 Å². The molecule has 0 aromatic rings. The van der Waals surface area contributed by atoms with Gasteiger partial charge in [0.15, 0.2) is 0 Å². The van der Waals surface area contributed by atoms with Gasteiger partial charge in [-0.25, -0.2) is 0 Å². The Balaban J connectivity index is 2.09. The number of ether oxygens (including phenoxy) is 2. The van der Waals surface area contributed by atoms with Crippen LogP contribution in [0.4, 0.5) is 13.2 Å². The van der Waals surface area contributed by atoms with Gasteiger partial charge in [0.25, 0.3) is 0 Å². The molecule has 0 amide bonds. The van der Waals surface area contributed by atoms with E-state index in [0.29, 0.717) is 12.4 Å². The van der Waals surface area contributed by atoms with Crippen molar-refractivity contribution in [2.24, 2.45) is 0 Å². The van der Waals surface area contributed by atoms with E-state index in [1.165, 1.54) is 0 Å². The predicted molar refractivity (Wildman–Crippen MR) is 46.1 cm³/mol. The summed E-state index contributed by atoms with van der Waals surface area (Å²) in [5, 5.41) is 9.42. The summed E-state index contributed by atoms with van der Waals surface area (Å²) in [5.74, 6) is 0.436. The third kappa shape index (κ3) is 5.03. The summed E-state index contributed by atoms with van der Waals surface area (Å²) in [6.07, 6.45) is -2.60. The lowest BCUT2D eigenvalue weighted by molar-refractivity contribution is -0.175. The lowest BCUT2D eigenvalue weighted by Gasteiger charge is -2.12. The van der Waals surface area contributed by atoms with Crippen molar-refractivity contribution in [3.05, 3.63) is 11.8 Å². The van der Waals surface area contributed by atoms with Gasteiger partial charge in [-0.15, -0.1) is 0 Å². The fourth-order valence-electron chi connectivity index (χ4n) is 1.19. The number of alkyl halides is 3. The molecule has 0 bridgehead atoms. The smallest absolute Gasteiger partial charge is 0.411 e. The molecular formula is C9H13F3O3. The Morgan fingerprint density at radius 3 is 2.80 bits per heavy atom. The van der Waals surface area contributed by atoms with Gasteiger partial charge < -0.3 is 14.6 Å². The van der Waals surface area contributed by atoms with Crippen LogP contribution in [0.15, 0.2) is 11.8 Å². The summed E-state index contributed by atoms with van der Waals surface area (Å²) < 4.78 is 44.4. The zero-order valence-corrected chi connectivity index (χ0v) is 8.09. The van der Waals surface area contributed by atoms with Crippen LogP contribution < -0.4 is 0 Å². The SMILES string of the molecule is OC(CCOCC(F)(F)F)C1=CCCO1. The molecule has 0 radical (unpaired) electrons. The third-order valence-corrected chi connectivity index (χ3v) is 1.86. The van der Waals surface area contributed by atoms with Gasteiger partial charge in [0, 0.05) is 19.4 Å². The van der Waals surface area contributed by atoms with Crippen molar-refractivity contribution in [3.63, 3.8) is 0 Å². The monoisotopic (exact) mass is 226 g/mol. The van der Waals surface area contributed by atoms with Crippen LogP contribution in [0.1, 0.15) is 12.8 Å². The van der Waals surface area contributed by atoms with Gasteiger partial charge in [-0.2, -0.15) is 13.2 Å². The number of aliphatic hydroxyl groups is 1. The van der Waals surface area contributed by atoms with Gasteiger partial charge in [0.1, 0.15) is 18.5 Å². The molecule has 6 heteroatoms. The largest absolute Gasteiger partial charge is 0.495 e. The Morgan fingerprint density at radius 2 is 2.27 bits per heavy atom. The van der Waals surface area contributed by atoms with Crippen LogP contribution in [0.2, 0.25) is 0 Å². The first kappa shape index (κ1) is 12.3. The minimum atomic E-state index is -4.31. The minimum Gasteiger partial charge on any atom is -0.495 e. The molecule has 1 unspecified atom stereocenters. The van der Waals surface area contributed by atoms with Gasteiger partial charge in [-0.1, -0.05) is 0 Å². The lowest BCUT2D eigenvalue weighted by Crippen LogP contribution is -2.20. The van der Waals surface area contributed by atoms with Crippen molar-refractivity contribution in [2.45, 2.75) is 25.1 Å². The van der Waals surface area contributed by atoms with Crippen molar-refractivity contribution < 1.29 is 27.8 Å². The van der Waals surface area contributed by atoms with E-state index >= 15 is 0 Å². The number of hydrogen-bond donors (Lipinski definition) is 1. The van der Waals surface area contributed by atoms with Crippen LogP contribution in [-0.2, 0) is 9.47 Å². The molecule has 3 nitrogen and oxygen atoms in total. The maximum Gasteiger partial charge on any atom is 0.411 e. The van der Waals surface area contributed by atoms with Gasteiger partial charge >= 0.3 is 6.18 Å². The van der Waals surface area contributed by atoms with E-state index in [1.807, 2.05) is 0 Å². The molecule has 0 fully saturated rings. The number of aliphatic hydroxyl groups excluding tert-OH is 1. The van der Waals surface area contributed by atoms with Gasteiger partial charge in [0.05, 0.1) is 6.61 Å². The highest BCUT2D eigenvalue weighted by Gasteiger charge is 2.27. The summed E-state index contributed by atoms with van der Waals surface area (Å²) in [5.41, 5.74) is 0. The minimum absolute atomic E-state index is 0.113. The summed E-state index contributed by atoms with van der Waals surface area (Å²) >= 11 is 0. The van der Waals surface area contributed by atoms with Crippen molar-refractivity contribution in [1.82, 2.24) is 0 Å². The highest BCUT2D eigenvalue weighted by atomic mass is 19.4. The van der Waals surface area contributed by atoms with E-state index in [-0.39, 0.29) is 13.0 Å². The molecule has 1 heterocycles. The molecular weight excluding hydrogens is 213 g/mol. The molecule has 0 saturated carbocycles. The zero-order valence-electron chi connectivity index (χ0n) is 8.09. The van der Waals surface area contributed by atoms with Gasteiger partial charge in [0.2, 0.25) is 0 Å². The molecule has 15 heavy (non-hydrogen) atoms. The molecule has 0 aromatic carbocycles. The van der Waals surface area contributed by atoms with E-state index in [1.54, 1.807) is 6.08 Å². The molecule has 1 aliphatic heterocycles. The normalized spacial score (nSPS) is 18.5. The number of rotatable bonds is 5. The Bertz CT molecular complexity index is 225. The Kier molecular flexibility index (Phi) is 4.41. The quantitative estimate of drug-likeness (QED) is 0.724. The fraction of sp³-hybridized carbons (Fsp3) is 0.778. The van der Waals surface area contributed by atoms with Crippen LogP contribution in [0, 0.1) is 0 Å². The Hall–Kier alpha value is -0.750. The van der Waals surface area contributed by atoms with Crippen LogP contribution in [0.5, 0.6) is 0 Å². The third-order valence-electron chi connectivity index (χ3n) is 1.86. The van der Waals surface area contributed by atoms with Crippen molar-refractivity contribution in [2.75, 3.05) is 19.8 Å². The van der Waals surface area contributed by atoms with Gasteiger partial charge in [-0.05, 0) is 6.08 Å². The van der Waals surface area contributed by atoms with E-state index in [2.05, 4.69) is 4.74 Å². The molecule has 88 valence electrons. The van der Waals surface area contributed by atoms with Crippen LogP contribution >= 0.6 is 0 Å². The van der Waals surface area contributed by atoms with Crippen molar-refractivity contribution in [3.8, 4) is 0 Å². The van der Waals surface area contributed by atoms with Crippen molar-refractivity contribution >= 4 is 0 Å². The highest BCUT2D eigenvalue weighted by molar-refractivity contribution is 5.03. The molecule has 1 aliphatic rings. The van der Waals surface area contributed by atoms with Gasteiger partial charge in [-0.3, -0.25) is 0 Å². The molecule has 1 rings (SSSR count). The standard InChI is InChI=1S/C9H13F3O3/c10-9(11,12)6-14-5-3-7(13)8-2-1-4-15-8/h2,7,13H,1,3-6H2. The van der Waals surface area contributed by atoms with Crippen molar-refractivity contribution in [1.29, 1.82) is 0 Å². The van der Waals surface area contributed by atoms with E-state index in [4.69, 9.17) is 4.74 Å². The van der Waals surface area contributed by atoms with Crippen LogP contribution in [0.25, 0.3) is 0 Å².